The average molecular weight is 479 g/mol. The van der Waals surface area contributed by atoms with Crippen molar-refractivity contribution in [2.75, 3.05) is 69.2 Å². The number of nitrogens with zero attached hydrogens (tertiary/aromatic N) is 4. The van der Waals surface area contributed by atoms with Crippen molar-refractivity contribution in [1.82, 2.24) is 4.98 Å². The van der Waals surface area contributed by atoms with Crippen molar-refractivity contribution >= 4 is 17.1 Å². The van der Waals surface area contributed by atoms with Gasteiger partial charge in [-0.3, -0.25) is 0 Å². The summed E-state index contributed by atoms with van der Waals surface area (Å²) in [5.41, 5.74) is 10.1. The lowest BCUT2D eigenvalue weighted by Gasteiger charge is -2.29. The van der Waals surface area contributed by atoms with Gasteiger partial charge in [0.15, 0.2) is 0 Å². The molecule has 0 bridgehead atoms. The van der Waals surface area contributed by atoms with E-state index in [-0.39, 0.29) is 0 Å². The molecule has 1 saturated heterocycles. The number of rotatable bonds is 6. The monoisotopic (exact) mass is 478 g/mol. The SMILES string of the molecule is CN(C)c1ccc(-c2cc(-c3ccc(N4CCOCC4)cc3)cc(-c3ccc(N(C)C)cc3)n2)cc1. The first kappa shape index (κ1) is 23.9. The van der Waals surface area contributed by atoms with E-state index in [0.717, 1.165) is 54.4 Å². The van der Waals surface area contributed by atoms with Crippen molar-refractivity contribution in [3.63, 3.8) is 0 Å². The van der Waals surface area contributed by atoms with E-state index in [0.29, 0.717) is 0 Å². The Kier molecular flexibility index (Phi) is 6.92. The largest absolute Gasteiger partial charge is 0.378 e. The normalized spacial score (nSPS) is 13.5. The summed E-state index contributed by atoms with van der Waals surface area (Å²) in [7, 11) is 8.24. The number of hydrogen-bond donors (Lipinski definition) is 0. The van der Waals surface area contributed by atoms with Gasteiger partial charge in [0.2, 0.25) is 0 Å². The standard InChI is InChI=1S/C31H34N4O/c1-33(2)27-11-7-24(8-12-27)30-21-26(22-31(32-30)25-9-13-28(14-10-25)34(3)4)23-5-15-29(16-6-23)35-17-19-36-20-18-35/h5-16,21-22H,17-20H2,1-4H3. The third-order valence-corrected chi connectivity index (χ3v) is 6.76. The quantitative estimate of drug-likeness (QED) is 0.337. The summed E-state index contributed by atoms with van der Waals surface area (Å²) in [6, 6.07) is 30.5. The predicted octanol–water partition coefficient (Wildman–Crippen LogP) is 6.05. The van der Waals surface area contributed by atoms with Gasteiger partial charge < -0.3 is 19.4 Å². The van der Waals surface area contributed by atoms with E-state index in [1.165, 1.54) is 22.6 Å². The molecule has 0 amide bonds. The molecule has 4 aromatic rings. The zero-order valence-corrected chi connectivity index (χ0v) is 21.6. The van der Waals surface area contributed by atoms with Crippen LogP contribution in [0.4, 0.5) is 17.1 Å². The maximum Gasteiger partial charge on any atom is 0.0715 e. The molecule has 5 rings (SSSR count). The third kappa shape index (κ3) is 5.21. The van der Waals surface area contributed by atoms with Crippen LogP contribution in [0.1, 0.15) is 0 Å². The highest BCUT2D eigenvalue weighted by molar-refractivity contribution is 5.78. The Bertz CT molecular complexity index is 1220. The van der Waals surface area contributed by atoms with E-state index in [9.17, 15) is 0 Å². The van der Waals surface area contributed by atoms with Crippen molar-refractivity contribution in [1.29, 1.82) is 0 Å². The van der Waals surface area contributed by atoms with Gasteiger partial charge >= 0.3 is 0 Å². The zero-order chi connectivity index (χ0) is 25.1. The maximum absolute atomic E-state index is 5.51. The first-order valence-corrected chi connectivity index (χ1v) is 12.5. The minimum Gasteiger partial charge on any atom is -0.378 e. The van der Waals surface area contributed by atoms with Crippen LogP contribution < -0.4 is 14.7 Å². The Hall–Kier alpha value is -3.83. The second kappa shape index (κ2) is 10.4. The molecule has 0 radical (unpaired) electrons. The van der Waals surface area contributed by atoms with E-state index < -0.39 is 0 Å². The molecule has 0 N–H and O–H groups in total. The lowest BCUT2D eigenvalue weighted by atomic mass is 9.99. The second-order valence-electron chi connectivity index (χ2n) is 9.66. The Morgan fingerprint density at radius 3 is 1.47 bits per heavy atom. The molecule has 36 heavy (non-hydrogen) atoms. The lowest BCUT2D eigenvalue weighted by Crippen LogP contribution is -2.36. The van der Waals surface area contributed by atoms with Gasteiger partial charge in [-0.05, 0) is 59.7 Å². The summed E-state index contributed by atoms with van der Waals surface area (Å²) < 4.78 is 5.51. The van der Waals surface area contributed by atoms with Crippen LogP contribution in [0.25, 0.3) is 33.6 Å². The highest BCUT2D eigenvalue weighted by atomic mass is 16.5. The van der Waals surface area contributed by atoms with Crippen LogP contribution in [-0.2, 0) is 4.74 Å². The van der Waals surface area contributed by atoms with Crippen molar-refractivity contribution in [2.45, 2.75) is 0 Å². The molecule has 1 aliphatic rings. The number of anilines is 3. The molecule has 1 aliphatic heterocycles. The molecule has 0 atom stereocenters. The molecule has 2 heterocycles. The van der Waals surface area contributed by atoms with Gasteiger partial charge in [0.25, 0.3) is 0 Å². The fraction of sp³-hybridized carbons (Fsp3) is 0.258. The van der Waals surface area contributed by atoms with Gasteiger partial charge in [0.1, 0.15) is 0 Å². The molecule has 1 aromatic heterocycles. The molecule has 0 unspecified atom stereocenters. The lowest BCUT2D eigenvalue weighted by molar-refractivity contribution is 0.122. The highest BCUT2D eigenvalue weighted by Crippen LogP contribution is 2.32. The molecule has 5 nitrogen and oxygen atoms in total. The minimum atomic E-state index is 0.790. The summed E-state index contributed by atoms with van der Waals surface area (Å²) in [5, 5.41) is 0. The van der Waals surface area contributed by atoms with Crippen LogP contribution in [0.5, 0.6) is 0 Å². The summed E-state index contributed by atoms with van der Waals surface area (Å²) in [5.74, 6) is 0. The van der Waals surface area contributed by atoms with E-state index in [1.807, 2.05) is 0 Å². The Morgan fingerprint density at radius 2 is 1.03 bits per heavy atom. The van der Waals surface area contributed by atoms with E-state index in [1.54, 1.807) is 0 Å². The average Bonchev–Trinajstić information content (AvgIpc) is 2.93. The molecule has 3 aromatic carbocycles. The molecule has 0 aliphatic carbocycles. The van der Waals surface area contributed by atoms with Gasteiger partial charge in [-0.1, -0.05) is 36.4 Å². The summed E-state index contributed by atoms with van der Waals surface area (Å²) in [6.45, 7) is 3.46. The van der Waals surface area contributed by atoms with Gasteiger partial charge in [0.05, 0.1) is 24.6 Å². The maximum atomic E-state index is 5.51. The molecule has 0 saturated carbocycles. The van der Waals surface area contributed by atoms with Gasteiger partial charge in [-0.15, -0.1) is 0 Å². The van der Waals surface area contributed by atoms with Crippen LogP contribution in [0.3, 0.4) is 0 Å². The van der Waals surface area contributed by atoms with E-state index >= 15 is 0 Å². The predicted molar refractivity (Wildman–Crippen MR) is 152 cm³/mol. The number of ether oxygens (including phenoxy) is 1. The molecule has 1 fully saturated rings. The van der Waals surface area contributed by atoms with Crippen molar-refractivity contribution in [2.24, 2.45) is 0 Å². The summed E-state index contributed by atoms with van der Waals surface area (Å²) in [6.07, 6.45) is 0. The first-order valence-electron chi connectivity index (χ1n) is 12.5. The smallest absolute Gasteiger partial charge is 0.0715 e. The van der Waals surface area contributed by atoms with Gasteiger partial charge in [0, 0.05) is 69.5 Å². The van der Waals surface area contributed by atoms with Crippen molar-refractivity contribution < 1.29 is 4.74 Å². The Labute approximate surface area is 214 Å². The zero-order valence-electron chi connectivity index (χ0n) is 21.6. The topological polar surface area (TPSA) is 31.8 Å². The molecule has 5 heteroatoms. The molecular weight excluding hydrogens is 444 g/mol. The van der Waals surface area contributed by atoms with Gasteiger partial charge in [-0.25, -0.2) is 4.98 Å². The number of pyridine rings is 1. The summed E-state index contributed by atoms with van der Waals surface area (Å²) >= 11 is 0. The molecule has 0 spiro atoms. The summed E-state index contributed by atoms with van der Waals surface area (Å²) in [4.78, 5) is 11.7. The van der Waals surface area contributed by atoms with Crippen LogP contribution in [0.2, 0.25) is 0 Å². The van der Waals surface area contributed by atoms with Crippen molar-refractivity contribution in [3.05, 3.63) is 84.9 Å². The molecule has 184 valence electrons. The minimum absolute atomic E-state index is 0.790. The molecular formula is C31H34N4O. The van der Waals surface area contributed by atoms with Crippen molar-refractivity contribution in [3.8, 4) is 33.6 Å². The van der Waals surface area contributed by atoms with Crippen LogP contribution in [0.15, 0.2) is 84.9 Å². The number of morpholine rings is 1. The van der Waals surface area contributed by atoms with Gasteiger partial charge in [-0.2, -0.15) is 0 Å². The second-order valence-corrected chi connectivity index (χ2v) is 9.66. The van der Waals surface area contributed by atoms with E-state index in [4.69, 9.17) is 9.72 Å². The number of hydrogen-bond acceptors (Lipinski definition) is 5. The highest BCUT2D eigenvalue weighted by Gasteiger charge is 2.13. The van der Waals surface area contributed by atoms with Crippen LogP contribution in [-0.4, -0.2) is 59.5 Å². The fourth-order valence-corrected chi connectivity index (χ4v) is 4.54. The third-order valence-electron chi connectivity index (χ3n) is 6.76. The Balaban J connectivity index is 1.54. The van der Waals surface area contributed by atoms with Crippen LogP contribution >= 0.6 is 0 Å². The first-order chi connectivity index (χ1) is 17.5. The Morgan fingerprint density at radius 1 is 0.583 bits per heavy atom. The number of aromatic nitrogens is 1. The fourth-order valence-electron chi connectivity index (χ4n) is 4.54. The van der Waals surface area contributed by atoms with E-state index in [2.05, 4.69) is 128 Å². The number of benzene rings is 3. The van der Waals surface area contributed by atoms with Crippen LogP contribution in [0, 0.1) is 0 Å².